The van der Waals surface area contributed by atoms with Crippen LogP contribution in [0.2, 0.25) is 0 Å². The van der Waals surface area contributed by atoms with E-state index < -0.39 is 12.1 Å². The molecule has 1 heterocycles. The van der Waals surface area contributed by atoms with Gasteiger partial charge in [-0.2, -0.15) is 5.10 Å². The van der Waals surface area contributed by atoms with Crippen molar-refractivity contribution in [3.05, 3.63) is 77.6 Å². The molecule has 1 aliphatic rings. The van der Waals surface area contributed by atoms with Crippen molar-refractivity contribution in [3.8, 4) is 11.4 Å². The molecule has 1 atom stereocenters. The second kappa shape index (κ2) is 9.04. The molecule has 1 N–H and O–H groups in total. The van der Waals surface area contributed by atoms with E-state index in [1.807, 2.05) is 54.6 Å². The van der Waals surface area contributed by atoms with Gasteiger partial charge in [-0.05, 0) is 55.7 Å². The summed E-state index contributed by atoms with van der Waals surface area (Å²) in [5.41, 5.74) is 2.90. The lowest BCUT2D eigenvalue weighted by Gasteiger charge is -2.14. The topological polar surface area (TPSA) is 82.4 Å². The molecule has 7 nitrogen and oxygen atoms in total. The summed E-state index contributed by atoms with van der Waals surface area (Å²) in [5.74, 6) is 0.201. The molecule has 1 saturated carbocycles. The number of benzene rings is 2. The van der Waals surface area contributed by atoms with Gasteiger partial charge in [0.25, 0.3) is 5.91 Å². The number of para-hydroxylation sites is 1. The maximum absolute atomic E-state index is 12.9. The predicted octanol–water partition coefficient (Wildman–Crippen LogP) is 3.62. The fourth-order valence-electron chi connectivity index (χ4n) is 3.24. The number of rotatable bonds is 8. The highest BCUT2D eigenvalue weighted by molar-refractivity contribution is 5.91. The lowest BCUT2D eigenvalue weighted by Crippen LogP contribution is -2.35. The maximum atomic E-state index is 12.9. The van der Waals surface area contributed by atoms with E-state index in [0.717, 1.165) is 35.5 Å². The van der Waals surface area contributed by atoms with Gasteiger partial charge >= 0.3 is 5.97 Å². The number of ether oxygens (including phenoxy) is 2. The van der Waals surface area contributed by atoms with Crippen LogP contribution >= 0.6 is 0 Å². The molecular weight excluding hydrogens is 394 g/mol. The Morgan fingerprint density at radius 3 is 2.48 bits per heavy atom. The molecule has 0 unspecified atom stereocenters. The van der Waals surface area contributed by atoms with Crippen molar-refractivity contribution in [2.75, 3.05) is 7.11 Å². The zero-order chi connectivity index (χ0) is 21.8. The Hall–Kier alpha value is -3.61. The number of nitrogens with one attached hydrogen (secondary N) is 1. The van der Waals surface area contributed by atoms with Gasteiger partial charge in [0.15, 0.2) is 11.8 Å². The summed E-state index contributed by atoms with van der Waals surface area (Å²) >= 11 is 0. The van der Waals surface area contributed by atoms with Crippen LogP contribution in [0, 0.1) is 0 Å². The maximum Gasteiger partial charge on any atom is 0.357 e. The van der Waals surface area contributed by atoms with Crippen LogP contribution in [0.3, 0.4) is 0 Å². The number of amides is 1. The van der Waals surface area contributed by atoms with E-state index in [1.54, 1.807) is 24.8 Å². The van der Waals surface area contributed by atoms with Gasteiger partial charge in [0.05, 0.1) is 18.5 Å². The molecule has 1 amide bonds. The molecule has 4 rings (SSSR count). The number of nitrogens with zero attached hydrogens (tertiary/aromatic N) is 2. The molecule has 0 radical (unpaired) electrons. The van der Waals surface area contributed by atoms with Crippen LogP contribution in [-0.4, -0.2) is 34.9 Å². The van der Waals surface area contributed by atoms with Crippen molar-refractivity contribution in [2.24, 2.45) is 0 Å². The quantitative estimate of drug-likeness (QED) is 0.564. The molecule has 31 heavy (non-hydrogen) atoms. The van der Waals surface area contributed by atoms with Crippen LogP contribution in [-0.2, 0) is 16.1 Å². The third kappa shape index (κ3) is 4.94. The zero-order valence-electron chi connectivity index (χ0n) is 17.6. The summed E-state index contributed by atoms with van der Waals surface area (Å²) in [6.45, 7) is 1.89. The lowest BCUT2D eigenvalue weighted by molar-refractivity contribution is -0.129. The van der Waals surface area contributed by atoms with Crippen LogP contribution < -0.4 is 10.1 Å². The minimum absolute atomic E-state index is 0.322. The third-order valence-corrected chi connectivity index (χ3v) is 5.21. The van der Waals surface area contributed by atoms with Crippen molar-refractivity contribution < 1.29 is 19.1 Å². The SMILES string of the molecule is COc1ccc(CNC(=O)[C@@H](C)OC(=O)c2cc(C3CC3)nn2-c2ccccc2)cc1. The number of aromatic nitrogens is 2. The average Bonchev–Trinajstić information content (AvgIpc) is 3.56. The van der Waals surface area contributed by atoms with E-state index in [1.165, 1.54) is 0 Å². The first-order valence-electron chi connectivity index (χ1n) is 10.3. The van der Waals surface area contributed by atoms with E-state index in [4.69, 9.17) is 9.47 Å². The number of hydrogen-bond acceptors (Lipinski definition) is 5. The van der Waals surface area contributed by atoms with E-state index in [-0.39, 0.29) is 5.91 Å². The van der Waals surface area contributed by atoms with Gasteiger partial charge in [0, 0.05) is 12.5 Å². The molecule has 1 fully saturated rings. The standard InChI is InChI=1S/C24H25N3O4/c1-16(23(28)25-15-17-8-12-20(30-2)13-9-17)31-24(29)22-14-21(18-10-11-18)26-27(22)19-6-4-3-5-7-19/h3-9,12-14,16,18H,10-11,15H2,1-2H3,(H,25,28)/t16-/m1/s1. The van der Waals surface area contributed by atoms with Gasteiger partial charge in [-0.15, -0.1) is 0 Å². The largest absolute Gasteiger partial charge is 0.497 e. The van der Waals surface area contributed by atoms with E-state index in [0.29, 0.717) is 18.2 Å². The predicted molar refractivity (Wildman–Crippen MR) is 115 cm³/mol. The van der Waals surface area contributed by atoms with Gasteiger partial charge in [-0.25, -0.2) is 9.48 Å². The molecule has 1 aromatic heterocycles. The summed E-state index contributed by atoms with van der Waals surface area (Å²) < 4.78 is 12.2. The van der Waals surface area contributed by atoms with Crippen LogP contribution in [0.25, 0.3) is 5.69 Å². The summed E-state index contributed by atoms with van der Waals surface area (Å²) in [7, 11) is 1.60. The van der Waals surface area contributed by atoms with Crippen LogP contribution in [0.15, 0.2) is 60.7 Å². The molecule has 160 valence electrons. The number of methoxy groups -OCH3 is 1. The summed E-state index contributed by atoms with van der Waals surface area (Å²) in [6, 6.07) is 18.6. The van der Waals surface area contributed by atoms with Crippen LogP contribution in [0.4, 0.5) is 0 Å². The minimum atomic E-state index is -0.936. The summed E-state index contributed by atoms with van der Waals surface area (Å²) in [5, 5.41) is 7.40. The van der Waals surface area contributed by atoms with Gasteiger partial charge < -0.3 is 14.8 Å². The fraction of sp³-hybridized carbons (Fsp3) is 0.292. The Balaban J connectivity index is 1.41. The third-order valence-electron chi connectivity index (χ3n) is 5.21. The lowest BCUT2D eigenvalue weighted by atomic mass is 10.2. The molecule has 0 spiro atoms. The van der Waals surface area contributed by atoms with E-state index in [2.05, 4.69) is 10.4 Å². The van der Waals surface area contributed by atoms with Crippen molar-refractivity contribution in [1.82, 2.24) is 15.1 Å². The Morgan fingerprint density at radius 1 is 1.13 bits per heavy atom. The van der Waals surface area contributed by atoms with E-state index >= 15 is 0 Å². The molecule has 0 bridgehead atoms. The molecule has 3 aromatic rings. The molecule has 7 heteroatoms. The highest BCUT2D eigenvalue weighted by Crippen LogP contribution is 2.39. The van der Waals surface area contributed by atoms with Crippen molar-refractivity contribution >= 4 is 11.9 Å². The Labute approximate surface area is 181 Å². The van der Waals surface area contributed by atoms with Crippen molar-refractivity contribution in [1.29, 1.82) is 0 Å². The second-order valence-electron chi connectivity index (χ2n) is 7.59. The fourth-order valence-corrected chi connectivity index (χ4v) is 3.24. The molecular formula is C24H25N3O4. The van der Waals surface area contributed by atoms with Crippen molar-refractivity contribution in [2.45, 2.75) is 38.3 Å². The average molecular weight is 419 g/mol. The number of carbonyl (C=O) groups excluding carboxylic acids is 2. The van der Waals surface area contributed by atoms with Crippen LogP contribution in [0.1, 0.15) is 47.4 Å². The normalized spacial score (nSPS) is 14.0. The van der Waals surface area contributed by atoms with E-state index in [9.17, 15) is 9.59 Å². The Bertz CT molecular complexity index is 1060. The van der Waals surface area contributed by atoms with Gasteiger partial charge in [0.1, 0.15) is 5.75 Å². The first-order chi connectivity index (χ1) is 15.0. The monoisotopic (exact) mass is 419 g/mol. The Kier molecular flexibility index (Phi) is 6.02. The Morgan fingerprint density at radius 2 is 1.84 bits per heavy atom. The highest BCUT2D eigenvalue weighted by atomic mass is 16.5. The van der Waals surface area contributed by atoms with Gasteiger partial charge in [-0.3, -0.25) is 4.79 Å². The summed E-state index contributed by atoms with van der Waals surface area (Å²) in [4.78, 5) is 25.3. The first-order valence-corrected chi connectivity index (χ1v) is 10.3. The van der Waals surface area contributed by atoms with Gasteiger partial charge in [-0.1, -0.05) is 30.3 Å². The number of esters is 1. The highest BCUT2D eigenvalue weighted by Gasteiger charge is 2.30. The summed E-state index contributed by atoms with van der Waals surface area (Å²) in [6.07, 6.45) is 1.21. The first kappa shape index (κ1) is 20.7. The van der Waals surface area contributed by atoms with Gasteiger partial charge in [0.2, 0.25) is 0 Å². The number of hydrogen-bond donors (Lipinski definition) is 1. The van der Waals surface area contributed by atoms with Crippen molar-refractivity contribution in [3.63, 3.8) is 0 Å². The molecule has 0 aliphatic heterocycles. The van der Waals surface area contributed by atoms with Crippen LogP contribution in [0.5, 0.6) is 5.75 Å². The molecule has 1 aliphatic carbocycles. The zero-order valence-corrected chi connectivity index (χ0v) is 17.6. The second-order valence-corrected chi connectivity index (χ2v) is 7.59. The minimum Gasteiger partial charge on any atom is -0.497 e. The molecule has 0 saturated heterocycles. The smallest absolute Gasteiger partial charge is 0.357 e. The molecule has 2 aromatic carbocycles. The number of carbonyl (C=O) groups is 2.